The maximum absolute atomic E-state index is 11.3. The van der Waals surface area contributed by atoms with E-state index in [-0.39, 0.29) is 12.5 Å². The zero-order valence-corrected chi connectivity index (χ0v) is 11.0. The van der Waals surface area contributed by atoms with E-state index in [0.29, 0.717) is 5.13 Å². The number of ether oxygens (including phenoxy) is 1. The molecule has 1 heterocycles. The van der Waals surface area contributed by atoms with Gasteiger partial charge in [-0.25, -0.2) is 0 Å². The fourth-order valence-electron chi connectivity index (χ4n) is 1.48. The molecular formula is C12H13N3O2S. The number of hydrogen-bond donors (Lipinski definition) is 1. The lowest BCUT2D eigenvalue weighted by Gasteiger charge is -1.99. The van der Waals surface area contributed by atoms with Crippen LogP contribution in [0.3, 0.4) is 0 Å². The molecule has 0 saturated heterocycles. The number of carbonyl (C=O) groups is 1. The summed E-state index contributed by atoms with van der Waals surface area (Å²) >= 11 is 1.34. The highest BCUT2D eigenvalue weighted by Gasteiger charge is 2.10. The summed E-state index contributed by atoms with van der Waals surface area (Å²) in [6, 6.07) is 7.92. The number of carbonyl (C=O) groups excluding carboxylic acids is 1. The molecule has 0 spiro atoms. The molecule has 0 aliphatic heterocycles. The molecule has 0 aliphatic rings. The third kappa shape index (κ3) is 2.91. The van der Waals surface area contributed by atoms with Gasteiger partial charge in [-0.2, -0.15) is 0 Å². The van der Waals surface area contributed by atoms with Gasteiger partial charge >= 0.3 is 0 Å². The summed E-state index contributed by atoms with van der Waals surface area (Å²) in [5.41, 5.74) is 2.16. The molecule has 6 heteroatoms. The Hall–Kier alpha value is -1.79. The topological polar surface area (TPSA) is 64.1 Å². The normalized spacial score (nSPS) is 10.3. The number of hydrogen-bond acceptors (Lipinski definition) is 5. The zero-order chi connectivity index (χ0) is 13.0. The van der Waals surface area contributed by atoms with Crippen LogP contribution in [0.25, 0.3) is 10.6 Å². The van der Waals surface area contributed by atoms with E-state index in [4.69, 9.17) is 4.74 Å². The van der Waals surface area contributed by atoms with Gasteiger partial charge in [0, 0.05) is 12.7 Å². The fraction of sp³-hybridized carbons (Fsp3) is 0.250. The van der Waals surface area contributed by atoms with Crippen molar-refractivity contribution in [2.24, 2.45) is 0 Å². The van der Waals surface area contributed by atoms with Crippen LogP contribution < -0.4 is 5.32 Å². The Bertz CT molecular complexity index is 554. The fourth-order valence-corrected chi connectivity index (χ4v) is 2.33. The second kappa shape index (κ2) is 5.70. The Labute approximate surface area is 109 Å². The molecule has 0 atom stereocenters. The number of amides is 1. The van der Waals surface area contributed by atoms with Crippen molar-refractivity contribution < 1.29 is 9.53 Å². The van der Waals surface area contributed by atoms with Crippen molar-refractivity contribution in [3.05, 3.63) is 29.8 Å². The summed E-state index contributed by atoms with van der Waals surface area (Å²) in [4.78, 5) is 11.3. The molecule has 0 radical (unpaired) electrons. The predicted octanol–water partition coefficient (Wildman–Crippen LogP) is 2.10. The molecule has 2 rings (SSSR count). The molecule has 1 N–H and O–H groups in total. The molecular weight excluding hydrogens is 250 g/mol. The first kappa shape index (κ1) is 12.7. The summed E-state index contributed by atoms with van der Waals surface area (Å²) in [5, 5.41) is 11.9. The van der Waals surface area contributed by atoms with Crippen molar-refractivity contribution in [2.75, 3.05) is 19.0 Å². The number of nitrogens with one attached hydrogen (secondary N) is 1. The Balaban J connectivity index is 2.16. The van der Waals surface area contributed by atoms with Gasteiger partial charge in [-0.3, -0.25) is 10.1 Å². The highest BCUT2D eigenvalue weighted by Crippen LogP contribution is 2.28. The van der Waals surface area contributed by atoms with Crippen LogP contribution in [0.15, 0.2) is 24.3 Å². The Morgan fingerprint density at radius 1 is 1.39 bits per heavy atom. The van der Waals surface area contributed by atoms with Crippen LogP contribution in [0.5, 0.6) is 0 Å². The Kier molecular flexibility index (Phi) is 4.01. The number of nitrogens with zero attached hydrogens (tertiary/aromatic N) is 2. The molecule has 94 valence electrons. The summed E-state index contributed by atoms with van der Waals surface area (Å²) in [6.45, 7) is 2.03. The van der Waals surface area contributed by atoms with Gasteiger partial charge in [0.25, 0.3) is 5.91 Å². The minimum absolute atomic E-state index is 0.0132. The van der Waals surface area contributed by atoms with Crippen LogP contribution in [0.4, 0.5) is 5.13 Å². The molecule has 0 aliphatic carbocycles. The SMILES string of the molecule is COCC(=O)Nc1nnc(-c2ccccc2C)s1. The van der Waals surface area contributed by atoms with Crippen molar-refractivity contribution in [1.29, 1.82) is 0 Å². The molecule has 1 amide bonds. The van der Waals surface area contributed by atoms with Crippen LogP contribution in [0.2, 0.25) is 0 Å². The number of methoxy groups -OCH3 is 1. The lowest BCUT2D eigenvalue weighted by molar-refractivity contribution is -0.119. The monoisotopic (exact) mass is 263 g/mol. The van der Waals surface area contributed by atoms with E-state index < -0.39 is 0 Å². The first-order valence-electron chi connectivity index (χ1n) is 5.39. The van der Waals surface area contributed by atoms with Crippen molar-refractivity contribution in [2.45, 2.75) is 6.92 Å². The summed E-state index contributed by atoms with van der Waals surface area (Å²) in [5.74, 6) is -0.231. The number of aryl methyl sites for hydroxylation is 1. The van der Waals surface area contributed by atoms with Crippen molar-refractivity contribution >= 4 is 22.4 Å². The van der Waals surface area contributed by atoms with Crippen molar-refractivity contribution in [3.63, 3.8) is 0 Å². The quantitative estimate of drug-likeness (QED) is 0.917. The summed E-state index contributed by atoms with van der Waals surface area (Å²) in [6.07, 6.45) is 0. The van der Waals surface area contributed by atoms with Gasteiger partial charge in [-0.15, -0.1) is 10.2 Å². The summed E-state index contributed by atoms with van der Waals surface area (Å²) in [7, 11) is 1.47. The molecule has 1 aromatic carbocycles. The number of aromatic nitrogens is 2. The molecule has 0 saturated carbocycles. The van der Waals surface area contributed by atoms with Gasteiger partial charge < -0.3 is 4.74 Å². The van der Waals surface area contributed by atoms with E-state index in [1.165, 1.54) is 18.4 Å². The maximum atomic E-state index is 11.3. The third-order valence-electron chi connectivity index (χ3n) is 2.32. The largest absolute Gasteiger partial charge is 0.375 e. The highest BCUT2D eigenvalue weighted by molar-refractivity contribution is 7.18. The standard InChI is InChI=1S/C12H13N3O2S/c1-8-5-3-4-6-9(8)11-14-15-12(18-11)13-10(16)7-17-2/h3-6H,7H2,1-2H3,(H,13,15,16). The van der Waals surface area contributed by atoms with Gasteiger partial charge in [-0.05, 0) is 12.5 Å². The van der Waals surface area contributed by atoms with E-state index in [1.54, 1.807) is 0 Å². The number of rotatable bonds is 4. The smallest absolute Gasteiger partial charge is 0.252 e. The second-order valence-corrected chi connectivity index (χ2v) is 4.69. The third-order valence-corrected chi connectivity index (χ3v) is 3.19. The van der Waals surface area contributed by atoms with Crippen LogP contribution in [-0.4, -0.2) is 29.8 Å². The minimum Gasteiger partial charge on any atom is -0.375 e. The van der Waals surface area contributed by atoms with Gasteiger partial charge in [0.15, 0.2) is 0 Å². The first-order valence-corrected chi connectivity index (χ1v) is 6.20. The first-order chi connectivity index (χ1) is 8.70. The molecule has 18 heavy (non-hydrogen) atoms. The van der Waals surface area contributed by atoms with Crippen LogP contribution in [0, 0.1) is 6.92 Å². The molecule has 1 aromatic heterocycles. The van der Waals surface area contributed by atoms with E-state index in [9.17, 15) is 4.79 Å². The van der Waals surface area contributed by atoms with Crippen molar-refractivity contribution in [3.8, 4) is 10.6 Å². The molecule has 0 bridgehead atoms. The van der Waals surface area contributed by atoms with Crippen LogP contribution in [-0.2, 0) is 9.53 Å². The summed E-state index contributed by atoms with van der Waals surface area (Å²) < 4.78 is 4.73. The number of anilines is 1. The molecule has 0 unspecified atom stereocenters. The lowest BCUT2D eigenvalue weighted by Crippen LogP contribution is -2.16. The van der Waals surface area contributed by atoms with Crippen molar-refractivity contribution in [1.82, 2.24) is 10.2 Å². The van der Waals surface area contributed by atoms with Gasteiger partial charge in [-0.1, -0.05) is 35.6 Å². The van der Waals surface area contributed by atoms with Gasteiger partial charge in [0.05, 0.1) is 0 Å². The zero-order valence-electron chi connectivity index (χ0n) is 10.1. The van der Waals surface area contributed by atoms with Crippen LogP contribution >= 0.6 is 11.3 Å². The van der Waals surface area contributed by atoms with Gasteiger partial charge in [0.1, 0.15) is 11.6 Å². The minimum atomic E-state index is -0.231. The highest BCUT2D eigenvalue weighted by atomic mass is 32.1. The molecule has 5 nitrogen and oxygen atoms in total. The average molecular weight is 263 g/mol. The van der Waals surface area contributed by atoms with Crippen LogP contribution in [0.1, 0.15) is 5.56 Å². The van der Waals surface area contributed by atoms with E-state index in [2.05, 4.69) is 15.5 Å². The maximum Gasteiger partial charge on any atom is 0.252 e. The van der Waals surface area contributed by atoms with E-state index in [0.717, 1.165) is 16.1 Å². The van der Waals surface area contributed by atoms with Gasteiger partial charge in [0.2, 0.25) is 5.13 Å². The predicted molar refractivity (Wildman–Crippen MR) is 70.6 cm³/mol. The van der Waals surface area contributed by atoms with E-state index in [1.807, 2.05) is 31.2 Å². The Morgan fingerprint density at radius 2 is 2.17 bits per heavy atom. The molecule has 0 fully saturated rings. The van der Waals surface area contributed by atoms with E-state index >= 15 is 0 Å². The second-order valence-electron chi connectivity index (χ2n) is 3.71. The molecule has 2 aromatic rings. The lowest BCUT2D eigenvalue weighted by atomic mass is 10.1. The Morgan fingerprint density at radius 3 is 2.89 bits per heavy atom. The average Bonchev–Trinajstić information content (AvgIpc) is 2.78. The number of benzene rings is 1.